The van der Waals surface area contributed by atoms with Crippen LogP contribution in [0.25, 0.3) is 16.6 Å². The molecule has 164 valence electrons. The number of thioether (sulfide) groups is 1. The van der Waals surface area contributed by atoms with Crippen LogP contribution in [0.5, 0.6) is 0 Å². The highest BCUT2D eigenvalue weighted by molar-refractivity contribution is 7.99. The monoisotopic (exact) mass is 459 g/mol. The first-order valence-electron chi connectivity index (χ1n) is 10.3. The Balaban J connectivity index is 1.48. The second-order valence-electron chi connectivity index (χ2n) is 7.63. The summed E-state index contributed by atoms with van der Waals surface area (Å²) in [7, 11) is 0. The molecule has 0 saturated carbocycles. The standard InChI is InChI=1S/C25H18FN3O3S/c26-18-6-8-19(9-7-18)29-24(32)20-3-1-2-4-21(20)27-25(29)33-14-23(31)17-5-10-22-16(13-17)11-12-28(22)15-30/h1-10,13,15H,11-12,14H2. The molecule has 0 spiro atoms. The van der Waals surface area contributed by atoms with Gasteiger partial charge in [0.25, 0.3) is 5.56 Å². The number of hydrogen-bond acceptors (Lipinski definition) is 5. The van der Waals surface area contributed by atoms with Crippen molar-refractivity contribution >= 4 is 40.5 Å². The molecule has 33 heavy (non-hydrogen) atoms. The van der Waals surface area contributed by atoms with E-state index in [0.29, 0.717) is 40.3 Å². The Hall–Kier alpha value is -3.78. The first-order valence-corrected chi connectivity index (χ1v) is 11.3. The molecule has 4 aromatic rings. The third-order valence-corrected chi connectivity index (χ3v) is 6.56. The average Bonchev–Trinajstić information content (AvgIpc) is 3.26. The van der Waals surface area contributed by atoms with Crippen LogP contribution in [0.2, 0.25) is 0 Å². The topological polar surface area (TPSA) is 72.3 Å². The van der Waals surface area contributed by atoms with Crippen LogP contribution in [0.1, 0.15) is 15.9 Å². The third-order valence-electron chi connectivity index (χ3n) is 5.62. The zero-order chi connectivity index (χ0) is 22.9. The number of ketones is 1. The van der Waals surface area contributed by atoms with Gasteiger partial charge in [0.15, 0.2) is 10.9 Å². The summed E-state index contributed by atoms with van der Waals surface area (Å²) < 4.78 is 14.9. The van der Waals surface area contributed by atoms with Crippen molar-refractivity contribution in [3.8, 4) is 5.69 Å². The summed E-state index contributed by atoms with van der Waals surface area (Å²) in [5.74, 6) is -0.447. The predicted molar refractivity (Wildman–Crippen MR) is 126 cm³/mol. The first kappa shape index (κ1) is 21.1. The fraction of sp³-hybridized carbons (Fsp3) is 0.120. The number of amides is 1. The van der Waals surface area contributed by atoms with Crippen LogP contribution in [0.4, 0.5) is 10.1 Å². The lowest BCUT2D eigenvalue weighted by Crippen LogP contribution is -2.22. The molecule has 1 amide bonds. The van der Waals surface area contributed by atoms with Crippen LogP contribution in [-0.4, -0.2) is 34.0 Å². The van der Waals surface area contributed by atoms with E-state index in [0.717, 1.165) is 29.4 Å². The Morgan fingerprint density at radius 1 is 1.09 bits per heavy atom. The molecule has 2 heterocycles. The van der Waals surface area contributed by atoms with E-state index < -0.39 is 5.82 Å². The second kappa shape index (κ2) is 8.63. The zero-order valence-electron chi connectivity index (χ0n) is 17.4. The van der Waals surface area contributed by atoms with Crippen molar-refractivity contribution in [1.29, 1.82) is 0 Å². The Morgan fingerprint density at radius 3 is 2.67 bits per heavy atom. The van der Waals surface area contributed by atoms with Gasteiger partial charge in [0.2, 0.25) is 6.41 Å². The molecule has 6 nitrogen and oxygen atoms in total. The van der Waals surface area contributed by atoms with Gasteiger partial charge in [-0.15, -0.1) is 0 Å². The number of anilines is 1. The Kier molecular flexibility index (Phi) is 5.51. The molecular weight excluding hydrogens is 441 g/mol. The van der Waals surface area contributed by atoms with Gasteiger partial charge in [0.1, 0.15) is 5.82 Å². The van der Waals surface area contributed by atoms with Crippen LogP contribution < -0.4 is 10.5 Å². The van der Waals surface area contributed by atoms with Crippen LogP contribution in [-0.2, 0) is 11.2 Å². The Labute approximate surface area is 192 Å². The highest BCUT2D eigenvalue weighted by Gasteiger charge is 2.21. The maximum atomic E-state index is 13.5. The van der Waals surface area contributed by atoms with Gasteiger partial charge in [-0.05, 0) is 66.6 Å². The van der Waals surface area contributed by atoms with Crippen LogP contribution in [0.15, 0.2) is 76.7 Å². The molecule has 8 heteroatoms. The lowest BCUT2D eigenvalue weighted by atomic mass is 10.1. The number of fused-ring (bicyclic) bond motifs is 2. The van der Waals surface area contributed by atoms with E-state index >= 15 is 0 Å². The minimum absolute atomic E-state index is 0.0716. The van der Waals surface area contributed by atoms with E-state index in [1.807, 2.05) is 6.07 Å². The number of carbonyl (C=O) groups is 2. The van der Waals surface area contributed by atoms with E-state index in [1.165, 1.54) is 28.8 Å². The number of benzene rings is 3. The van der Waals surface area contributed by atoms with Crippen molar-refractivity contribution in [2.45, 2.75) is 11.6 Å². The van der Waals surface area contributed by atoms with Gasteiger partial charge in [0, 0.05) is 17.8 Å². The number of aromatic nitrogens is 2. The summed E-state index contributed by atoms with van der Waals surface area (Å²) >= 11 is 1.16. The maximum absolute atomic E-state index is 13.5. The SMILES string of the molecule is O=CN1CCc2cc(C(=O)CSc3nc4ccccc4c(=O)n3-c3ccc(F)cc3)ccc21. The molecule has 0 saturated heterocycles. The Morgan fingerprint density at radius 2 is 1.88 bits per heavy atom. The van der Waals surface area contributed by atoms with Crippen molar-refractivity contribution < 1.29 is 14.0 Å². The fourth-order valence-electron chi connectivity index (χ4n) is 3.95. The van der Waals surface area contributed by atoms with Crippen molar-refractivity contribution in [3.05, 3.63) is 94.0 Å². The van der Waals surface area contributed by atoms with Gasteiger partial charge in [-0.1, -0.05) is 23.9 Å². The molecule has 0 bridgehead atoms. The number of hydrogen-bond donors (Lipinski definition) is 0. The maximum Gasteiger partial charge on any atom is 0.266 e. The average molecular weight is 460 g/mol. The molecule has 0 aliphatic carbocycles. The summed E-state index contributed by atoms with van der Waals surface area (Å²) in [4.78, 5) is 43.5. The molecule has 0 atom stereocenters. The van der Waals surface area contributed by atoms with Gasteiger partial charge >= 0.3 is 0 Å². The molecule has 0 radical (unpaired) electrons. The van der Waals surface area contributed by atoms with Gasteiger partial charge < -0.3 is 4.90 Å². The van der Waals surface area contributed by atoms with Crippen molar-refractivity contribution in [2.24, 2.45) is 0 Å². The van der Waals surface area contributed by atoms with Crippen molar-refractivity contribution in [1.82, 2.24) is 9.55 Å². The van der Waals surface area contributed by atoms with Crippen molar-refractivity contribution in [2.75, 3.05) is 17.2 Å². The Bertz CT molecular complexity index is 1450. The minimum Gasteiger partial charge on any atom is -0.314 e. The van der Waals surface area contributed by atoms with E-state index in [9.17, 15) is 18.8 Å². The molecule has 1 aromatic heterocycles. The summed E-state index contributed by atoms with van der Waals surface area (Å²) in [6.07, 6.45) is 1.50. The zero-order valence-corrected chi connectivity index (χ0v) is 18.2. The second-order valence-corrected chi connectivity index (χ2v) is 8.58. The molecule has 3 aromatic carbocycles. The molecule has 0 unspecified atom stereocenters. The normalized spacial score (nSPS) is 12.7. The van der Waals surface area contributed by atoms with Gasteiger partial charge in [0.05, 0.1) is 22.3 Å². The van der Waals surface area contributed by atoms with E-state index in [1.54, 1.807) is 41.3 Å². The highest BCUT2D eigenvalue weighted by atomic mass is 32.2. The molecule has 0 N–H and O–H groups in total. The quantitative estimate of drug-likeness (QED) is 0.189. The smallest absolute Gasteiger partial charge is 0.266 e. The van der Waals surface area contributed by atoms with Crippen LogP contribution >= 0.6 is 11.8 Å². The van der Waals surface area contributed by atoms with E-state index in [2.05, 4.69) is 4.98 Å². The summed E-state index contributed by atoms with van der Waals surface area (Å²) in [6.45, 7) is 0.607. The summed E-state index contributed by atoms with van der Waals surface area (Å²) in [5, 5.41) is 0.794. The number of nitrogens with zero attached hydrogens (tertiary/aromatic N) is 3. The predicted octanol–water partition coefficient (Wildman–Crippen LogP) is 4.02. The molecule has 0 fully saturated rings. The van der Waals surface area contributed by atoms with Crippen LogP contribution in [0.3, 0.4) is 0 Å². The van der Waals surface area contributed by atoms with E-state index in [4.69, 9.17) is 0 Å². The molecule has 1 aliphatic heterocycles. The minimum atomic E-state index is -0.408. The lowest BCUT2D eigenvalue weighted by molar-refractivity contribution is -0.107. The van der Waals surface area contributed by atoms with E-state index in [-0.39, 0.29) is 17.1 Å². The summed E-state index contributed by atoms with van der Waals surface area (Å²) in [6, 6.07) is 17.9. The third kappa shape index (κ3) is 3.93. The van der Waals surface area contributed by atoms with Gasteiger partial charge in [-0.25, -0.2) is 9.37 Å². The van der Waals surface area contributed by atoms with Crippen LogP contribution in [0, 0.1) is 5.82 Å². The number of carbonyl (C=O) groups excluding carboxylic acids is 2. The molecular formula is C25H18FN3O3S. The fourth-order valence-corrected chi connectivity index (χ4v) is 4.86. The van der Waals surface area contributed by atoms with Gasteiger partial charge in [-0.3, -0.25) is 19.0 Å². The molecule has 5 rings (SSSR count). The number of rotatable bonds is 6. The number of halogens is 1. The number of para-hydroxylation sites is 1. The number of Topliss-reactive ketones (excluding diaryl/α,β-unsaturated/α-hetero) is 1. The van der Waals surface area contributed by atoms with Gasteiger partial charge in [-0.2, -0.15) is 0 Å². The molecule has 1 aliphatic rings. The lowest BCUT2D eigenvalue weighted by Gasteiger charge is -2.13. The summed E-state index contributed by atoms with van der Waals surface area (Å²) in [5.41, 5.74) is 3.06. The largest absolute Gasteiger partial charge is 0.314 e. The van der Waals surface area contributed by atoms with Crippen molar-refractivity contribution in [3.63, 3.8) is 0 Å². The first-order chi connectivity index (χ1) is 16.0. The highest BCUT2D eigenvalue weighted by Crippen LogP contribution is 2.29.